The summed E-state index contributed by atoms with van der Waals surface area (Å²) in [6.45, 7) is 1.93. The van der Waals surface area contributed by atoms with E-state index in [1.54, 1.807) is 18.2 Å². The highest BCUT2D eigenvalue weighted by Gasteiger charge is 2.20. The van der Waals surface area contributed by atoms with E-state index in [0.29, 0.717) is 28.6 Å². The second-order valence-corrected chi connectivity index (χ2v) is 4.59. The highest BCUT2D eigenvalue weighted by atomic mass is 35.5. The van der Waals surface area contributed by atoms with E-state index in [1.165, 1.54) is 0 Å². The van der Waals surface area contributed by atoms with Gasteiger partial charge in [0.05, 0.1) is 10.7 Å². The van der Waals surface area contributed by atoms with Crippen molar-refractivity contribution in [3.63, 3.8) is 0 Å². The molecule has 2 rings (SSSR count). The molecule has 0 spiro atoms. The first-order valence-corrected chi connectivity index (χ1v) is 5.84. The standard InChI is InChI=1S/C12H15ClN2O/c13-10-3-1-2-9(12(10)14)11(16)6-8-4-5-15-7-8/h1-3,8,15H,4-7,14H2. The molecular formula is C12H15ClN2O. The van der Waals surface area contributed by atoms with Crippen LogP contribution in [0.5, 0.6) is 0 Å². The van der Waals surface area contributed by atoms with Crippen molar-refractivity contribution < 1.29 is 4.79 Å². The molecule has 0 radical (unpaired) electrons. The number of hydrogen-bond donors (Lipinski definition) is 2. The fourth-order valence-electron chi connectivity index (χ4n) is 2.04. The predicted octanol–water partition coefficient (Wildman–Crippen LogP) is 2.10. The quantitative estimate of drug-likeness (QED) is 0.627. The van der Waals surface area contributed by atoms with Crippen LogP contribution < -0.4 is 11.1 Å². The summed E-state index contributed by atoms with van der Waals surface area (Å²) in [5, 5.41) is 3.70. The number of nitrogens with one attached hydrogen (secondary N) is 1. The van der Waals surface area contributed by atoms with Gasteiger partial charge in [0.25, 0.3) is 0 Å². The fourth-order valence-corrected chi connectivity index (χ4v) is 2.22. The molecule has 3 nitrogen and oxygen atoms in total. The molecule has 1 unspecified atom stereocenters. The lowest BCUT2D eigenvalue weighted by Crippen LogP contribution is -2.14. The van der Waals surface area contributed by atoms with E-state index in [2.05, 4.69) is 5.32 Å². The van der Waals surface area contributed by atoms with Gasteiger partial charge in [0.2, 0.25) is 0 Å². The van der Waals surface area contributed by atoms with E-state index >= 15 is 0 Å². The van der Waals surface area contributed by atoms with Gasteiger partial charge in [0.15, 0.2) is 5.78 Å². The van der Waals surface area contributed by atoms with Crippen LogP contribution in [0.25, 0.3) is 0 Å². The molecule has 0 aromatic heterocycles. The Balaban J connectivity index is 2.11. The number of carbonyl (C=O) groups excluding carboxylic acids is 1. The predicted molar refractivity (Wildman–Crippen MR) is 65.8 cm³/mol. The Morgan fingerprint density at radius 1 is 1.56 bits per heavy atom. The van der Waals surface area contributed by atoms with E-state index in [-0.39, 0.29) is 5.78 Å². The van der Waals surface area contributed by atoms with Gasteiger partial charge in [0.1, 0.15) is 0 Å². The normalized spacial score (nSPS) is 19.9. The Hall–Kier alpha value is -1.06. The van der Waals surface area contributed by atoms with E-state index in [9.17, 15) is 4.79 Å². The van der Waals surface area contributed by atoms with Gasteiger partial charge in [-0.3, -0.25) is 4.79 Å². The van der Waals surface area contributed by atoms with Crippen molar-refractivity contribution in [1.82, 2.24) is 5.32 Å². The molecule has 1 aliphatic heterocycles. The molecule has 1 heterocycles. The first-order valence-electron chi connectivity index (χ1n) is 5.46. The van der Waals surface area contributed by atoms with Gasteiger partial charge in [-0.1, -0.05) is 17.7 Å². The van der Waals surface area contributed by atoms with Crippen molar-refractivity contribution >= 4 is 23.1 Å². The molecule has 1 atom stereocenters. The van der Waals surface area contributed by atoms with Crippen LogP contribution in [-0.4, -0.2) is 18.9 Å². The summed E-state index contributed by atoms with van der Waals surface area (Å²) in [5.41, 5.74) is 6.75. The van der Waals surface area contributed by atoms with Crippen LogP contribution in [0.1, 0.15) is 23.2 Å². The number of hydrogen-bond acceptors (Lipinski definition) is 3. The third kappa shape index (κ3) is 2.36. The summed E-state index contributed by atoms with van der Waals surface area (Å²) in [6, 6.07) is 5.20. The monoisotopic (exact) mass is 238 g/mol. The van der Waals surface area contributed by atoms with Gasteiger partial charge in [0, 0.05) is 12.0 Å². The summed E-state index contributed by atoms with van der Waals surface area (Å²) in [7, 11) is 0. The van der Waals surface area contributed by atoms with Crippen LogP contribution in [0.2, 0.25) is 5.02 Å². The second-order valence-electron chi connectivity index (χ2n) is 4.19. The summed E-state index contributed by atoms with van der Waals surface area (Å²) in [6.07, 6.45) is 1.61. The van der Waals surface area contributed by atoms with Crippen molar-refractivity contribution in [3.8, 4) is 0 Å². The first-order chi connectivity index (χ1) is 7.68. The average Bonchev–Trinajstić information content (AvgIpc) is 2.74. The minimum absolute atomic E-state index is 0.0914. The van der Waals surface area contributed by atoms with Crippen molar-refractivity contribution in [2.24, 2.45) is 5.92 Å². The zero-order valence-electron chi connectivity index (χ0n) is 9.00. The Kier molecular flexibility index (Phi) is 3.46. The molecule has 0 saturated carbocycles. The van der Waals surface area contributed by atoms with Crippen molar-refractivity contribution in [2.45, 2.75) is 12.8 Å². The number of anilines is 1. The van der Waals surface area contributed by atoms with Crippen LogP contribution in [0.15, 0.2) is 18.2 Å². The first kappa shape index (κ1) is 11.4. The Labute approximate surface area is 100.0 Å². The molecule has 1 aromatic rings. The number of benzene rings is 1. The topological polar surface area (TPSA) is 55.1 Å². The number of nitrogens with two attached hydrogens (primary N) is 1. The summed E-state index contributed by atoms with van der Waals surface area (Å²) in [4.78, 5) is 12.0. The molecule has 0 aliphatic carbocycles. The summed E-state index contributed by atoms with van der Waals surface area (Å²) in [5.74, 6) is 0.527. The maximum absolute atomic E-state index is 12.0. The van der Waals surface area contributed by atoms with Crippen LogP contribution in [0.3, 0.4) is 0 Å². The molecule has 1 aromatic carbocycles. The third-order valence-electron chi connectivity index (χ3n) is 2.99. The van der Waals surface area contributed by atoms with Crippen LogP contribution in [0.4, 0.5) is 5.69 Å². The molecule has 3 N–H and O–H groups in total. The van der Waals surface area contributed by atoms with Gasteiger partial charge in [-0.25, -0.2) is 0 Å². The van der Waals surface area contributed by atoms with Crippen molar-refractivity contribution in [1.29, 1.82) is 0 Å². The Morgan fingerprint density at radius 3 is 3.06 bits per heavy atom. The largest absolute Gasteiger partial charge is 0.397 e. The summed E-state index contributed by atoms with van der Waals surface area (Å²) >= 11 is 5.88. The van der Waals surface area contributed by atoms with Crippen molar-refractivity contribution in [3.05, 3.63) is 28.8 Å². The highest BCUT2D eigenvalue weighted by molar-refractivity contribution is 6.34. The number of halogens is 1. The molecule has 1 fully saturated rings. The molecule has 0 bridgehead atoms. The van der Waals surface area contributed by atoms with Gasteiger partial charge >= 0.3 is 0 Å². The Morgan fingerprint density at radius 2 is 2.38 bits per heavy atom. The lowest BCUT2D eigenvalue weighted by atomic mass is 9.97. The summed E-state index contributed by atoms with van der Waals surface area (Å²) < 4.78 is 0. The zero-order valence-corrected chi connectivity index (χ0v) is 9.76. The van der Waals surface area contributed by atoms with Crippen LogP contribution in [-0.2, 0) is 0 Å². The van der Waals surface area contributed by atoms with E-state index in [1.807, 2.05) is 0 Å². The lowest BCUT2D eigenvalue weighted by Gasteiger charge is -2.09. The number of Topliss-reactive ketones (excluding diaryl/α,β-unsaturated/α-hetero) is 1. The molecule has 16 heavy (non-hydrogen) atoms. The molecule has 4 heteroatoms. The SMILES string of the molecule is Nc1c(Cl)cccc1C(=O)CC1CCNC1. The van der Waals surface area contributed by atoms with Crippen LogP contribution in [0, 0.1) is 5.92 Å². The molecule has 1 aliphatic rings. The average molecular weight is 239 g/mol. The minimum Gasteiger partial charge on any atom is -0.397 e. The lowest BCUT2D eigenvalue weighted by molar-refractivity contribution is 0.0965. The maximum Gasteiger partial charge on any atom is 0.165 e. The fraction of sp³-hybridized carbons (Fsp3) is 0.417. The zero-order chi connectivity index (χ0) is 11.5. The molecular weight excluding hydrogens is 224 g/mol. The van der Waals surface area contributed by atoms with Crippen molar-refractivity contribution in [2.75, 3.05) is 18.8 Å². The van der Waals surface area contributed by atoms with E-state index in [4.69, 9.17) is 17.3 Å². The third-order valence-corrected chi connectivity index (χ3v) is 3.32. The van der Waals surface area contributed by atoms with E-state index in [0.717, 1.165) is 19.5 Å². The van der Waals surface area contributed by atoms with Gasteiger partial charge in [-0.2, -0.15) is 0 Å². The number of ketones is 1. The number of nitrogen functional groups attached to an aromatic ring is 1. The van der Waals surface area contributed by atoms with Gasteiger partial charge in [-0.05, 0) is 37.6 Å². The Bertz CT molecular complexity index is 400. The highest BCUT2D eigenvalue weighted by Crippen LogP contribution is 2.25. The molecule has 0 amide bonds. The smallest absolute Gasteiger partial charge is 0.165 e. The van der Waals surface area contributed by atoms with Gasteiger partial charge < -0.3 is 11.1 Å². The number of rotatable bonds is 3. The number of carbonyl (C=O) groups is 1. The molecule has 86 valence electrons. The second kappa shape index (κ2) is 4.85. The number of para-hydroxylation sites is 1. The maximum atomic E-state index is 12.0. The van der Waals surface area contributed by atoms with E-state index < -0.39 is 0 Å². The van der Waals surface area contributed by atoms with Crippen LogP contribution >= 0.6 is 11.6 Å². The molecule has 1 saturated heterocycles. The van der Waals surface area contributed by atoms with Gasteiger partial charge in [-0.15, -0.1) is 0 Å². The minimum atomic E-state index is 0.0914.